The first-order valence-electron chi connectivity index (χ1n) is 5.57. The number of methoxy groups -OCH3 is 1. The highest BCUT2D eigenvalue weighted by Gasteiger charge is 2.14. The van der Waals surface area contributed by atoms with Gasteiger partial charge in [0.25, 0.3) is 5.88 Å². The molecular weight excluding hydrogens is 230 g/mol. The number of aromatic nitrogens is 2. The Bertz CT molecular complexity index is 545. The van der Waals surface area contributed by atoms with Crippen LogP contribution in [0.5, 0.6) is 17.4 Å². The smallest absolute Gasteiger partial charge is 0.276 e. The number of rotatable bonds is 4. The van der Waals surface area contributed by atoms with Crippen LogP contribution in [0.15, 0.2) is 24.3 Å². The van der Waals surface area contributed by atoms with Gasteiger partial charge in [-0.25, -0.2) is 0 Å². The molecule has 1 heterocycles. The molecule has 0 atom stereocenters. The second-order valence-electron chi connectivity index (χ2n) is 3.63. The summed E-state index contributed by atoms with van der Waals surface area (Å²) in [7, 11) is 1.54. The monoisotopic (exact) mass is 243 g/mol. The van der Waals surface area contributed by atoms with Crippen LogP contribution in [0.1, 0.15) is 18.2 Å². The first kappa shape index (κ1) is 12.0. The number of nitrogens with one attached hydrogen (secondary N) is 1. The van der Waals surface area contributed by atoms with Gasteiger partial charge in [0.2, 0.25) is 5.75 Å². The summed E-state index contributed by atoms with van der Waals surface area (Å²) in [5.41, 5.74) is 1.47. The minimum absolute atomic E-state index is 0.427. The second-order valence-corrected chi connectivity index (χ2v) is 3.63. The Labute approximate surface area is 105 Å². The SMILES string of the molecule is CCc1[nH]nc(OC)c1Oc1ccc(C#N)cc1. The first-order chi connectivity index (χ1) is 8.78. The summed E-state index contributed by atoms with van der Waals surface area (Å²) in [5.74, 6) is 1.66. The summed E-state index contributed by atoms with van der Waals surface area (Å²) >= 11 is 0. The summed E-state index contributed by atoms with van der Waals surface area (Å²) in [6.07, 6.45) is 0.766. The third-order valence-electron chi connectivity index (χ3n) is 2.51. The lowest BCUT2D eigenvalue weighted by molar-refractivity contribution is 0.366. The van der Waals surface area contributed by atoms with E-state index >= 15 is 0 Å². The summed E-state index contributed by atoms with van der Waals surface area (Å²) < 4.78 is 10.9. The molecule has 0 saturated carbocycles. The molecule has 18 heavy (non-hydrogen) atoms. The van der Waals surface area contributed by atoms with Crippen molar-refractivity contribution in [2.75, 3.05) is 7.11 Å². The maximum Gasteiger partial charge on any atom is 0.276 e. The molecule has 0 radical (unpaired) electrons. The van der Waals surface area contributed by atoms with Crippen molar-refractivity contribution in [2.24, 2.45) is 0 Å². The lowest BCUT2D eigenvalue weighted by atomic mass is 10.2. The van der Waals surface area contributed by atoms with Gasteiger partial charge in [-0.1, -0.05) is 6.92 Å². The number of hydrogen-bond donors (Lipinski definition) is 1. The van der Waals surface area contributed by atoms with Crippen molar-refractivity contribution >= 4 is 0 Å². The molecule has 1 N–H and O–H groups in total. The molecule has 0 aliphatic carbocycles. The molecule has 0 unspecified atom stereocenters. The fourth-order valence-corrected chi connectivity index (χ4v) is 1.55. The molecular formula is C13H13N3O2. The Morgan fingerprint density at radius 2 is 2.06 bits per heavy atom. The number of benzene rings is 1. The highest BCUT2D eigenvalue weighted by molar-refractivity contribution is 5.43. The van der Waals surface area contributed by atoms with E-state index in [2.05, 4.69) is 16.3 Å². The van der Waals surface area contributed by atoms with Gasteiger partial charge in [-0.15, -0.1) is 5.10 Å². The van der Waals surface area contributed by atoms with Gasteiger partial charge >= 0.3 is 0 Å². The summed E-state index contributed by atoms with van der Waals surface area (Å²) in [5, 5.41) is 15.6. The predicted octanol–water partition coefficient (Wildman–Crippen LogP) is 2.64. The van der Waals surface area contributed by atoms with Gasteiger partial charge in [0.15, 0.2) is 0 Å². The standard InChI is InChI=1S/C13H13N3O2/c1-3-11-12(13(17-2)16-15-11)18-10-6-4-9(8-14)5-7-10/h4-7H,3H2,1-2H3,(H,15,16). The van der Waals surface area contributed by atoms with Gasteiger partial charge in [-0.05, 0) is 30.7 Å². The highest BCUT2D eigenvalue weighted by atomic mass is 16.5. The number of hydrogen-bond acceptors (Lipinski definition) is 4. The van der Waals surface area contributed by atoms with Crippen molar-refractivity contribution in [3.63, 3.8) is 0 Å². The Morgan fingerprint density at radius 3 is 2.61 bits per heavy atom. The number of ether oxygens (including phenoxy) is 2. The topological polar surface area (TPSA) is 70.9 Å². The van der Waals surface area contributed by atoms with Crippen LogP contribution >= 0.6 is 0 Å². The van der Waals surface area contributed by atoms with Crippen molar-refractivity contribution in [3.8, 4) is 23.4 Å². The number of nitrogens with zero attached hydrogens (tertiary/aromatic N) is 2. The zero-order valence-electron chi connectivity index (χ0n) is 10.2. The highest BCUT2D eigenvalue weighted by Crippen LogP contribution is 2.33. The number of nitriles is 1. The Morgan fingerprint density at radius 1 is 1.33 bits per heavy atom. The summed E-state index contributed by atoms with van der Waals surface area (Å²) in [4.78, 5) is 0. The van der Waals surface area contributed by atoms with E-state index in [-0.39, 0.29) is 0 Å². The van der Waals surface area contributed by atoms with Crippen molar-refractivity contribution in [3.05, 3.63) is 35.5 Å². The molecule has 2 rings (SSSR count). The summed E-state index contributed by atoms with van der Waals surface area (Å²) in [6, 6.07) is 8.94. The quantitative estimate of drug-likeness (QED) is 0.896. The minimum atomic E-state index is 0.427. The molecule has 5 nitrogen and oxygen atoms in total. The molecule has 5 heteroatoms. The number of aryl methyl sites for hydroxylation is 1. The van der Waals surface area contributed by atoms with E-state index in [4.69, 9.17) is 14.7 Å². The average molecular weight is 243 g/mol. The van der Waals surface area contributed by atoms with Gasteiger partial charge in [0.1, 0.15) is 5.75 Å². The zero-order chi connectivity index (χ0) is 13.0. The third kappa shape index (κ3) is 2.28. The molecule has 0 aliphatic heterocycles. The van der Waals surface area contributed by atoms with Crippen LogP contribution in [0.4, 0.5) is 0 Å². The van der Waals surface area contributed by atoms with Crippen LogP contribution in [0.25, 0.3) is 0 Å². The maximum absolute atomic E-state index is 8.72. The van der Waals surface area contributed by atoms with E-state index in [9.17, 15) is 0 Å². The molecule has 2 aromatic rings. The van der Waals surface area contributed by atoms with Gasteiger partial charge in [0, 0.05) is 0 Å². The lowest BCUT2D eigenvalue weighted by Gasteiger charge is -2.06. The molecule has 0 spiro atoms. The number of aromatic amines is 1. The van der Waals surface area contributed by atoms with Gasteiger partial charge in [-0.2, -0.15) is 5.26 Å². The molecule has 0 bridgehead atoms. The van der Waals surface area contributed by atoms with Crippen molar-refractivity contribution in [2.45, 2.75) is 13.3 Å². The van der Waals surface area contributed by atoms with Crippen molar-refractivity contribution in [1.29, 1.82) is 5.26 Å². The van der Waals surface area contributed by atoms with E-state index in [0.29, 0.717) is 22.9 Å². The largest absolute Gasteiger partial charge is 0.477 e. The molecule has 1 aromatic carbocycles. The minimum Gasteiger partial charge on any atom is -0.477 e. The molecule has 0 aliphatic rings. The van der Waals surface area contributed by atoms with Crippen molar-refractivity contribution < 1.29 is 9.47 Å². The van der Waals surface area contributed by atoms with Crippen LogP contribution in [0.3, 0.4) is 0 Å². The Kier molecular flexibility index (Phi) is 3.49. The maximum atomic E-state index is 8.72. The lowest BCUT2D eigenvalue weighted by Crippen LogP contribution is -1.91. The van der Waals surface area contributed by atoms with E-state index in [1.165, 1.54) is 0 Å². The van der Waals surface area contributed by atoms with Crippen LogP contribution in [0.2, 0.25) is 0 Å². The average Bonchev–Trinajstić information content (AvgIpc) is 2.81. The van der Waals surface area contributed by atoms with Gasteiger partial charge in [0.05, 0.1) is 24.4 Å². The summed E-state index contributed by atoms with van der Waals surface area (Å²) in [6.45, 7) is 2.00. The predicted molar refractivity (Wildman–Crippen MR) is 65.7 cm³/mol. The normalized spacial score (nSPS) is 9.83. The molecule has 0 amide bonds. The van der Waals surface area contributed by atoms with E-state index in [0.717, 1.165) is 12.1 Å². The zero-order valence-corrected chi connectivity index (χ0v) is 10.2. The van der Waals surface area contributed by atoms with E-state index in [1.54, 1.807) is 31.4 Å². The Hall–Kier alpha value is -2.48. The van der Waals surface area contributed by atoms with Crippen LogP contribution in [0, 0.1) is 11.3 Å². The van der Waals surface area contributed by atoms with Gasteiger partial charge in [-0.3, -0.25) is 5.10 Å². The molecule has 0 saturated heterocycles. The van der Waals surface area contributed by atoms with Crippen LogP contribution in [-0.4, -0.2) is 17.3 Å². The second kappa shape index (κ2) is 5.23. The van der Waals surface area contributed by atoms with E-state index in [1.807, 2.05) is 6.92 Å². The molecule has 0 fully saturated rings. The fraction of sp³-hybridized carbons (Fsp3) is 0.231. The third-order valence-corrected chi connectivity index (χ3v) is 2.51. The Balaban J connectivity index is 2.27. The van der Waals surface area contributed by atoms with E-state index < -0.39 is 0 Å². The van der Waals surface area contributed by atoms with Crippen LogP contribution in [-0.2, 0) is 6.42 Å². The van der Waals surface area contributed by atoms with Gasteiger partial charge < -0.3 is 9.47 Å². The first-order valence-corrected chi connectivity index (χ1v) is 5.57. The molecule has 92 valence electrons. The number of H-pyrrole nitrogens is 1. The van der Waals surface area contributed by atoms with Crippen LogP contribution < -0.4 is 9.47 Å². The van der Waals surface area contributed by atoms with Crippen molar-refractivity contribution in [1.82, 2.24) is 10.2 Å². The molecule has 1 aromatic heterocycles. The fourth-order valence-electron chi connectivity index (χ4n) is 1.55.